The van der Waals surface area contributed by atoms with Crippen LogP contribution in [0.2, 0.25) is 0 Å². The van der Waals surface area contributed by atoms with Crippen molar-refractivity contribution >= 4 is 10.8 Å². The minimum atomic E-state index is 0.308. The molecule has 1 heterocycles. The zero-order chi connectivity index (χ0) is 8.67. The summed E-state index contributed by atoms with van der Waals surface area (Å²) in [5, 5.41) is 2.19. The van der Waals surface area contributed by atoms with Crippen LogP contribution in [0.1, 0.15) is 0 Å². The summed E-state index contributed by atoms with van der Waals surface area (Å²) in [5.41, 5.74) is 0. The van der Waals surface area contributed by atoms with Crippen LogP contribution in [0.4, 0.5) is 0 Å². The molecule has 3 rings (SSSR count). The Labute approximate surface area is 75.7 Å². The molecule has 0 atom stereocenters. The van der Waals surface area contributed by atoms with Crippen molar-refractivity contribution in [3.63, 3.8) is 0 Å². The normalized spacial score (nSPS) is 13.5. The van der Waals surface area contributed by atoms with E-state index in [1.54, 1.807) is 0 Å². The highest BCUT2D eigenvalue weighted by molar-refractivity contribution is 5.85. The quantitative estimate of drug-likeness (QED) is 0.605. The van der Waals surface area contributed by atoms with Gasteiger partial charge in [-0.25, -0.2) is 0 Å². The predicted molar refractivity (Wildman–Crippen MR) is 48.9 cm³/mol. The summed E-state index contributed by atoms with van der Waals surface area (Å²) in [7, 11) is 0. The lowest BCUT2D eigenvalue weighted by atomic mass is 10.1. The average Bonchev–Trinajstić information content (AvgIpc) is 2.61. The molecule has 2 aromatic carbocycles. The first-order chi connectivity index (χ1) is 6.43. The summed E-state index contributed by atoms with van der Waals surface area (Å²) in [4.78, 5) is 0. The Morgan fingerprint density at radius 1 is 1.15 bits per heavy atom. The van der Waals surface area contributed by atoms with E-state index in [0.29, 0.717) is 6.79 Å². The van der Waals surface area contributed by atoms with Gasteiger partial charge in [0.25, 0.3) is 0 Å². The molecular weight excluding hydrogens is 164 g/mol. The van der Waals surface area contributed by atoms with Crippen LogP contribution in [0, 0.1) is 6.07 Å². The minimum Gasteiger partial charge on any atom is -0.454 e. The Balaban J connectivity index is 2.36. The fraction of sp³-hybridized carbons (Fsp3) is 0.0909. The fourth-order valence-electron chi connectivity index (χ4n) is 1.49. The summed E-state index contributed by atoms with van der Waals surface area (Å²) in [6.07, 6.45) is 0. The van der Waals surface area contributed by atoms with Crippen LogP contribution in [-0.2, 0) is 0 Å². The highest BCUT2D eigenvalue weighted by Crippen LogP contribution is 2.35. The minimum absolute atomic E-state index is 0.308. The average molecular weight is 171 g/mol. The fourth-order valence-corrected chi connectivity index (χ4v) is 1.49. The van der Waals surface area contributed by atoms with Gasteiger partial charge in [0, 0.05) is 6.07 Å². The van der Waals surface area contributed by atoms with E-state index in [0.717, 1.165) is 22.3 Å². The van der Waals surface area contributed by atoms with Crippen LogP contribution in [0.3, 0.4) is 0 Å². The Morgan fingerprint density at radius 2 is 2.08 bits per heavy atom. The lowest BCUT2D eigenvalue weighted by Gasteiger charge is -1.98. The van der Waals surface area contributed by atoms with Gasteiger partial charge < -0.3 is 9.47 Å². The van der Waals surface area contributed by atoms with E-state index in [2.05, 4.69) is 6.07 Å². The van der Waals surface area contributed by atoms with Crippen molar-refractivity contribution in [2.45, 2.75) is 0 Å². The van der Waals surface area contributed by atoms with Crippen LogP contribution in [0.25, 0.3) is 10.8 Å². The molecule has 0 aromatic heterocycles. The summed E-state index contributed by atoms with van der Waals surface area (Å²) >= 11 is 0. The van der Waals surface area contributed by atoms with Gasteiger partial charge in [-0.1, -0.05) is 24.3 Å². The predicted octanol–water partition coefficient (Wildman–Crippen LogP) is 2.37. The number of rotatable bonds is 0. The van der Waals surface area contributed by atoms with Gasteiger partial charge in [-0.2, -0.15) is 0 Å². The van der Waals surface area contributed by atoms with E-state index in [9.17, 15) is 0 Å². The van der Waals surface area contributed by atoms with Gasteiger partial charge >= 0.3 is 0 Å². The van der Waals surface area contributed by atoms with Crippen molar-refractivity contribution in [3.05, 3.63) is 36.4 Å². The number of hydrogen-bond donors (Lipinski definition) is 0. The zero-order valence-corrected chi connectivity index (χ0v) is 6.91. The van der Waals surface area contributed by atoms with E-state index < -0.39 is 0 Å². The topological polar surface area (TPSA) is 18.5 Å². The third kappa shape index (κ3) is 0.952. The van der Waals surface area contributed by atoms with Crippen molar-refractivity contribution in [1.82, 2.24) is 0 Å². The van der Waals surface area contributed by atoms with Crippen LogP contribution in [-0.4, -0.2) is 6.79 Å². The molecule has 0 spiro atoms. The van der Waals surface area contributed by atoms with Gasteiger partial charge in [-0.3, -0.25) is 0 Å². The van der Waals surface area contributed by atoms with Crippen LogP contribution >= 0.6 is 0 Å². The van der Waals surface area contributed by atoms with E-state index in [4.69, 9.17) is 9.47 Å². The smallest absolute Gasteiger partial charge is 0.231 e. The van der Waals surface area contributed by atoms with Crippen molar-refractivity contribution < 1.29 is 9.47 Å². The molecule has 0 aliphatic carbocycles. The molecule has 13 heavy (non-hydrogen) atoms. The molecule has 63 valence electrons. The van der Waals surface area contributed by atoms with Crippen molar-refractivity contribution in [2.24, 2.45) is 0 Å². The molecule has 2 nitrogen and oxygen atoms in total. The van der Waals surface area contributed by atoms with Gasteiger partial charge in [-0.05, 0) is 16.8 Å². The monoisotopic (exact) mass is 171 g/mol. The van der Waals surface area contributed by atoms with Crippen molar-refractivity contribution in [1.29, 1.82) is 0 Å². The Hall–Kier alpha value is -1.70. The second kappa shape index (κ2) is 2.39. The Kier molecular flexibility index (Phi) is 1.25. The van der Waals surface area contributed by atoms with E-state index in [-0.39, 0.29) is 0 Å². The van der Waals surface area contributed by atoms with Crippen molar-refractivity contribution in [2.75, 3.05) is 6.79 Å². The zero-order valence-electron chi connectivity index (χ0n) is 6.91. The van der Waals surface area contributed by atoms with Gasteiger partial charge in [-0.15, -0.1) is 0 Å². The molecule has 2 aromatic rings. The number of ether oxygens (including phenoxy) is 2. The molecule has 0 unspecified atom stereocenters. The number of hydrogen-bond acceptors (Lipinski definition) is 2. The molecule has 1 aliphatic heterocycles. The van der Waals surface area contributed by atoms with E-state index in [1.807, 2.05) is 30.3 Å². The van der Waals surface area contributed by atoms with E-state index in [1.165, 1.54) is 0 Å². The second-order valence-corrected chi connectivity index (χ2v) is 2.96. The molecule has 1 radical (unpaired) electrons. The summed E-state index contributed by atoms with van der Waals surface area (Å²) in [5.74, 6) is 1.51. The highest BCUT2D eigenvalue weighted by atomic mass is 16.7. The maximum absolute atomic E-state index is 5.25. The standard InChI is InChI=1S/C11H7O2/c1-2-4-9-6-11-10(12-7-13-11)5-8(9)3-1/h1-5H,7H2. The lowest BCUT2D eigenvalue weighted by molar-refractivity contribution is 0.174. The SMILES string of the molecule is [c]1c2c(cc3ccccc13)OCO2. The number of fused-ring (bicyclic) bond motifs is 2. The van der Waals surface area contributed by atoms with Gasteiger partial charge in [0.05, 0.1) is 0 Å². The van der Waals surface area contributed by atoms with Gasteiger partial charge in [0.1, 0.15) is 0 Å². The third-order valence-electron chi connectivity index (χ3n) is 2.14. The molecule has 0 amide bonds. The molecule has 0 saturated heterocycles. The first-order valence-electron chi connectivity index (χ1n) is 4.14. The molecule has 0 fully saturated rings. The largest absolute Gasteiger partial charge is 0.454 e. The molecular formula is C11H7O2. The van der Waals surface area contributed by atoms with Crippen LogP contribution < -0.4 is 9.47 Å². The van der Waals surface area contributed by atoms with Gasteiger partial charge in [0.2, 0.25) is 6.79 Å². The maximum atomic E-state index is 5.25. The second-order valence-electron chi connectivity index (χ2n) is 2.96. The summed E-state index contributed by atoms with van der Waals surface area (Å²) < 4.78 is 10.5. The molecule has 0 saturated carbocycles. The molecule has 1 aliphatic rings. The summed E-state index contributed by atoms with van der Waals surface area (Å²) in [6.45, 7) is 0.308. The first-order valence-corrected chi connectivity index (χ1v) is 4.14. The molecule has 2 heteroatoms. The third-order valence-corrected chi connectivity index (χ3v) is 2.14. The van der Waals surface area contributed by atoms with Crippen molar-refractivity contribution in [3.8, 4) is 11.5 Å². The highest BCUT2D eigenvalue weighted by Gasteiger charge is 2.13. The molecule has 0 bridgehead atoms. The molecule has 0 N–H and O–H groups in total. The van der Waals surface area contributed by atoms with Crippen LogP contribution in [0.5, 0.6) is 11.5 Å². The van der Waals surface area contributed by atoms with Gasteiger partial charge in [0.15, 0.2) is 11.5 Å². The summed E-state index contributed by atoms with van der Waals surface area (Å²) in [6, 6.07) is 13.2. The number of benzene rings is 2. The first kappa shape index (κ1) is 6.78. The lowest BCUT2D eigenvalue weighted by Crippen LogP contribution is -1.92. The Morgan fingerprint density at radius 3 is 3.08 bits per heavy atom. The van der Waals surface area contributed by atoms with E-state index >= 15 is 0 Å². The van der Waals surface area contributed by atoms with Crippen LogP contribution in [0.15, 0.2) is 30.3 Å². The Bertz CT molecular complexity index is 420. The maximum Gasteiger partial charge on any atom is 0.231 e.